The number of rotatable bonds is 2. The summed E-state index contributed by atoms with van der Waals surface area (Å²) in [5.74, 6) is -1.96. The zero-order chi connectivity index (χ0) is 15.1. The molecule has 0 bridgehead atoms. The quantitative estimate of drug-likeness (QED) is 0.632. The molecule has 2 aromatic rings. The van der Waals surface area contributed by atoms with Gasteiger partial charge in [0.25, 0.3) is 0 Å². The van der Waals surface area contributed by atoms with E-state index in [2.05, 4.69) is 4.98 Å². The molecule has 0 amide bonds. The normalized spacial score (nSPS) is 16.7. The maximum Gasteiger partial charge on any atom is 0.181 e. The van der Waals surface area contributed by atoms with Crippen LogP contribution in [0.15, 0.2) is 12.1 Å². The Balaban J connectivity index is 2.07. The molecule has 4 nitrogen and oxygen atoms in total. The predicted octanol–water partition coefficient (Wildman–Crippen LogP) is 3.03. The number of benzene rings is 1. The summed E-state index contributed by atoms with van der Waals surface area (Å²) in [4.78, 5) is 40.9. The number of Topliss-reactive ketones (excluding diaryl/α,β-unsaturated/α-hetero) is 3. The number of carbonyl (C=O) groups excluding carboxylic acids is 3. The molecule has 0 atom stereocenters. The number of nitrogens with zero attached hydrogens (tertiary/aromatic N) is 1. The highest BCUT2D eigenvalue weighted by atomic mass is 32.1. The van der Waals surface area contributed by atoms with Gasteiger partial charge in [0.15, 0.2) is 17.3 Å². The van der Waals surface area contributed by atoms with E-state index in [0.29, 0.717) is 24.8 Å². The molecule has 0 saturated heterocycles. The summed E-state index contributed by atoms with van der Waals surface area (Å²) < 4.78 is 1.02. The monoisotopic (exact) mass is 301 g/mol. The first kappa shape index (κ1) is 14.1. The van der Waals surface area contributed by atoms with Gasteiger partial charge < -0.3 is 0 Å². The van der Waals surface area contributed by atoms with Gasteiger partial charge >= 0.3 is 0 Å². The summed E-state index contributed by atoms with van der Waals surface area (Å²) in [6.45, 7) is 3.74. The van der Waals surface area contributed by atoms with E-state index < -0.39 is 5.92 Å². The van der Waals surface area contributed by atoms with Crippen LogP contribution in [-0.2, 0) is 9.59 Å². The second kappa shape index (κ2) is 5.15. The number of aryl methyl sites for hydroxylation is 2. The highest BCUT2D eigenvalue weighted by Gasteiger charge is 2.37. The fourth-order valence-corrected chi connectivity index (χ4v) is 3.74. The average molecular weight is 301 g/mol. The molecule has 0 unspecified atom stereocenters. The fourth-order valence-electron chi connectivity index (χ4n) is 2.86. The second-order valence-electron chi connectivity index (χ2n) is 5.40. The van der Waals surface area contributed by atoms with E-state index in [0.717, 1.165) is 20.8 Å². The average Bonchev–Trinajstić information content (AvgIpc) is 2.80. The van der Waals surface area contributed by atoms with Crippen LogP contribution in [0.4, 0.5) is 0 Å². The molecule has 1 aromatic carbocycles. The first-order chi connectivity index (χ1) is 9.99. The van der Waals surface area contributed by atoms with Crippen LogP contribution in [0.25, 0.3) is 10.2 Å². The van der Waals surface area contributed by atoms with Gasteiger partial charge in [0.1, 0.15) is 5.92 Å². The third kappa shape index (κ3) is 2.31. The lowest BCUT2D eigenvalue weighted by molar-refractivity contribution is -0.133. The number of aromatic nitrogens is 1. The fraction of sp³-hybridized carbons (Fsp3) is 0.375. The highest BCUT2D eigenvalue weighted by Crippen LogP contribution is 2.29. The zero-order valence-electron chi connectivity index (χ0n) is 11.9. The van der Waals surface area contributed by atoms with Gasteiger partial charge in [-0.3, -0.25) is 14.4 Å². The van der Waals surface area contributed by atoms with Crippen molar-refractivity contribution in [3.8, 4) is 0 Å². The molecular formula is C16H15NO3S. The Kier molecular flexibility index (Phi) is 3.45. The molecule has 1 aliphatic rings. The Morgan fingerprint density at radius 3 is 2.52 bits per heavy atom. The van der Waals surface area contributed by atoms with Crippen molar-refractivity contribution in [2.45, 2.75) is 33.1 Å². The maximum atomic E-state index is 12.6. The van der Waals surface area contributed by atoms with Crippen molar-refractivity contribution in [3.63, 3.8) is 0 Å². The second-order valence-corrected chi connectivity index (χ2v) is 6.64. The summed E-state index contributed by atoms with van der Waals surface area (Å²) >= 11 is 1.57. The third-order valence-corrected chi connectivity index (χ3v) is 4.87. The molecule has 108 valence electrons. The molecule has 0 N–H and O–H groups in total. The number of ketones is 3. The van der Waals surface area contributed by atoms with Gasteiger partial charge in [-0.1, -0.05) is 0 Å². The molecule has 0 spiro atoms. The van der Waals surface area contributed by atoms with Crippen molar-refractivity contribution in [2.24, 2.45) is 5.92 Å². The van der Waals surface area contributed by atoms with Crippen molar-refractivity contribution in [3.05, 3.63) is 28.3 Å². The molecule has 1 heterocycles. The van der Waals surface area contributed by atoms with Crippen LogP contribution in [0.2, 0.25) is 0 Å². The molecule has 1 saturated carbocycles. The van der Waals surface area contributed by atoms with Crippen LogP contribution in [-0.4, -0.2) is 22.3 Å². The summed E-state index contributed by atoms with van der Waals surface area (Å²) in [7, 11) is 0. The van der Waals surface area contributed by atoms with Crippen molar-refractivity contribution in [1.29, 1.82) is 0 Å². The Labute approximate surface area is 126 Å². The van der Waals surface area contributed by atoms with Gasteiger partial charge in [-0.15, -0.1) is 11.3 Å². The van der Waals surface area contributed by atoms with Crippen LogP contribution < -0.4 is 0 Å². The van der Waals surface area contributed by atoms with Gasteiger partial charge in [-0.05, 0) is 38.0 Å². The Bertz CT molecular complexity index is 759. The highest BCUT2D eigenvalue weighted by molar-refractivity contribution is 7.18. The molecule has 1 aliphatic carbocycles. The Hall–Kier alpha value is -1.88. The van der Waals surface area contributed by atoms with Gasteiger partial charge in [0.2, 0.25) is 0 Å². The predicted molar refractivity (Wildman–Crippen MR) is 80.8 cm³/mol. The lowest BCUT2D eigenvalue weighted by Gasteiger charge is -2.19. The number of fused-ring (bicyclic) bond motifs is 1. The molecule has 0 radical (unpaired) electrons. The van der Waals surface area contributed by atoms with E-state index in [9.17, 15) is 14.4 Å². The topological polar surface area (TPSA) is 64.1 Å². The van der Waals surface area contributed by atoms with Crippen molar-refractivity contribution in [2.75, 3.05) is 0 Å². The number of hydrogen-bond acceptors (Lipinski definition) is 5. The minimum Gasteiger partial charge on any atom is -0.298 e. The maximum absolute atomic E-state index is 12.6. The zero-order valence-corrected chi connectivity index (χ0v) is 12.8. The summed E-state index contributed by atoms with van der Waals surface area (Å²) in [6, 6.07) is 3.56. The van der Waals surface area contributed by atoms with E-state index in [1.807, 2.05) is 19.9 Å². The Morgan fingerprint density at radius 2 is 1.86 bits per heavy atom. The SMILES string of the molecule is Cc1nc2c(C)c(C(=O)C3C(=O)CCCC3=O)ccc2s1. The molecule has 0 aliphatic heterocycles. The largest absolute Gasteiger partial charge is 0.298 e. The van der Waals surface area contributed by atoms with E-state index in [-0.39, 0.29) is 17.3 Å². The summed E-state index contributed by atoms with van der Waals surface area (Å²) in [5.41, 5.74) is 1.99. The molecule has 3 rings (SSSR count). The van der Waals surface area contributed by atoms with Gasteiger partial charge in [-0.25, -0.2) is 4.98 Å². The lowest BCUT2D eigenvalue weighted by atomic mass is 9.81. The molecular weight excluding hydrogens is 286 g/mol. The van der Waals surface area contributed by atoms with E-state index in [4.69, 9.17) is 0 Å². The molecule has 1 fully saturated rings. The molecule has 21 heavy (non-hydrogen) atoms. The minimum atomic E-state index is -1.10. The third-order valence-electron chi connectivity index (χ3n) is 3.94. The smallest absolute Gasteiger partial charge is 0.181 e. The van der Waals surface area contributed by atoms with Crippen molar-refractivity contribution in [1.82, 2.24) is 4.98 Å². The van der Waals surface area contributed by atoms with Gasteiger partial charge in [-0.2, -0.15) is 0 Å². The summed E-state index contributed by atoms with van der Waals surface area (Å²) in [5, 5.41) is 0.933. The van der Waals surface area contributed by atoms with Crippen LogP contribution in [0.1, 0.15) is 40.2 Å². The first-order valence-electron chi connectivity index (χ1n) is 6.95. The molecule has 1 aromatic heterocycles. The standard InChI is InChI=1S/C16H15NO3S/c1-8-10(6-7-13-15(8)17-9(2)21-13)16(20)14-11(18)4-3-5-12(14)19/h6-7,14H,3-5H2,1-2H3. The van der Waals surface area contributed by atoms with E-state index in [1.54, 1.807) is 17.4 Å². The number of hydrogen-bond donors (Lipinski definition) is 0. The summed E-state index contributed by atoms with van der Waals surface area (Å²) in [6.07, 6.45) is 1.20. The van der Waals surface area contributed by atoms with Crippen LogP contribution in [0.3, 0.4) is 0 Å². The minimum absolute atomic E-state index is 0.245. The van der Waals surface area contributed by atoms with Crippen LogP contribution in [0.5, 0.6) is 0 Å². The van der Waals surface area contributed by atoms with Crippen LogP contribution >= 0.6 is 11.3 Å². The van der Waals surface area contributed by atoms with E-state index in [1.165, 1.54) is 0 Å². The van der Waals surface area contributed by atoms with Crippen molar-refractivity contribution < 1.29 is 14.4 Å². The molecule has 5 heteroatoms. The lowest BCUT2D eigenvalue weighted by Crippen LogP contribution is -2.35. The van der Waals surface area contributed by atoms with Crippen LogP contribution in [0, 0.1) is 19.8 Å². The first-order valence-corrected chi connectivity index (χ1v) is 7.77. The van der Waals surface area contributed by atoms with Gasteiger partial charge in [0.05, 0.1) is 15.2 Å². The van der Waals surface area contributed by atoms with Crippen molar-refractivity contribution >= 4 is 38.9 Å². The Morgan fingerprint density at radius 1 is 1.19 bits per heavy atom. The number of carbonyl (C=O) groups is 3. The van der Waals surface area contributed by atoms with E-state index >= 15 is 0 Å². The number of thiazole rings is 1. The van der Waals surface area contributed by atoms with Gasteiger partial charge in [0, 0.05) is 18.4 Å².